The number of nitrogens with zero attached hydrogens (tertiary/aromatic N) is 2. The third-order valence-electron chi connectivity index (χ3n) is 6.41. The maximum Gasteiger partial charge on any atom is 0.307 e. The van der Waals surface area contributed by atoms with E-state index >= 15 is 0 Å². The van der Waals surface area contributed by atoms with E-state index in [-0.39, 0.29) is 29.5 Å². The van der Waals surface area contributed by atoms with Crippen molar-refractivity contribution in [3.63, 3.8) is 0 Å². The lowest BCUT2D eigenvalue weighted by Gasteiger charge is -2.40. The summed E-state index contributed by atoms with van der Waals surface area (Å²) in [6.45, 7) is 10.8. The van der Waals surface area contributed by atoms with Gasteiger partial charge in [-0.2, -0.15) is 0 Å². The molecule has 4 rings (SSSR count). The lowest BCUT2D eigenvalue weighted by Crippen LogP contribution is -2.29. The summed E-state index contributed by atoms with van der Waals surface area (Å²) in [5.74, 6) is 0.373. The number of aromatic nitrogens is 2. The third kappa shape index (κ3) is 5.34. The second kappa shape index (κ2) is 9.28. The summed E-state index contributed by atoms with van der Waals surface area (Å²) in [5.41, 5.74) is 2.43. The molecule has 7 heteroatoms. The molecule has 2 aromatic carbocycles. The standard InChI is InChI=1S/C27H34FN3O3/c1-16(2)34-21-8-6-19(7-9-21)29-26-30-23-11-18(12-25(32)33)22(28)13-24(23)31(26)20-10-17(3)14-27(4,5)15-20/h6-9,11,13,16-17,20H,10,12,14-15H2,1-5H3,(H,29,30)(H,32,33)/t17-,20+/m1/s1. The van der Waals surface area contributed by atoms with Crippen molar-refractivity contribution in [3.8, 4) is 5.75 Å². The Morgan fingerprint density at radius 1 is 1.26 bits per heavy atom. The third-order valence-corrected chi connectivity index (χ3v) is 6.41. The summed E-state index contributed by atoms with van der Waals surface area (Å²) < 4.78 is 22.8. The van der Waals surface area contributed by atoms with E-state index in [1.807, 2.05) is 38.1 Å². The quantitative estimate of drug-likeness (QED) is 0.403. The van der Waals surface area contributed by atoms with Gasteiger partial charge < -0.3 is 19.7 Å². The van der Waals surface area contributed by atoms with E-state index in [1.165, 1.54) is 6.07 Å². The van der Waals surface area contributed by atoms with Gasteiger partial charge >= 0.3 is 5.97 Å². The van der Waals surface area contributed by atoms with Gasteiger partial charge in [0.2, 0.25) is 5.95 Å². The molecule has 6 nitrogen and oxygen atoms in total. The van der Waals surface area contributed by atoms with Gasteiger partial charge in [0.1, 0.15) is 11.6 Å². The van der Waals surface area contributed by atoms with Crippen molar-refractivity contribution >= 4 is 28.6 Å². The molecule has 1 aliphatic rings. The fraction of sp³-hybridized carbons (Fsp3) is 0.481. The molecule has 3 aromatic rings. The number of halogens is 1. The maximum absolute atomic E-state index is 14.9. The maximum atomic E-state index is 14.9. The average molecular weight is 468 g/mol. The van der Waals surface area contributed by atoms with Gasteiger partial charge in [0.25, 0.3) is 0 Å². The molecule has 1 saturated carbocycles. The average Bonchev–Trinajstić information content (AvgIpc) is 3.04. The van der Waals surface area contributed by atoms with Gasteiger partial charge in [-0.15, -0.1) is 0 Å². The van der Waals surface area contributed by atoms with Gasteiger partial charge in [-0.25, -0.2) is 9.37 Å². The normalized spacial score (nSPS) is 20.0. The molecule has 0 bridgehead atoms. The van der Waals surface area contributed by atoms with Crippen molar-refractivity contribution in [2.45, 2.75) is 72.4 Å². The van der Waals surface area contributed by atoms with Crippen LogP contribution in [0.1, 0.15) is 65.5 Å². The Balaban J connectivity index is 1.77. The lowest BCUT2D eigenvalue weighted by atomic mass is 9.70. The van der Waals surface area contributed by atoms with Gasteiger partial charge in [0.15, 0.2) is 0 Å². The number of imidazole rings is 1. The van der Waals surface area contributed by atoms with Crippen LogP contribution in [0.15, 0.2) is 36.4 Å². The van der Waals surface area contributed by atoms with Gasteiger partial charge in [0.05, 0.1) is 23.6 Å². The SMILES string of the molecule is CC(C)Oc1ccc(Nc2nc3cc(CC(=O)O)c(F)cc3n2[C@H]2C[C@@H](C)CC(C)(C)C2)cc1. The summed E-state index contributed by atoms with van der Waals surface area (Å²) in [6.07, 6.45) is 2.80. The number of aliphatic carboxylic acids is 1. The molecule has 1 fully saturated rings. The number of carbonyl (C=O) groups is 1. The minimum Gasteiger partial charge on any atom is -0.491 e. The minimum absolute atomic E-state index is 0.0922. The van der Waals surface area contributed by atoms with E-state index in [2.05, 4.69) is 30.7 Å². The van der Waals surface area contributed by atoms with E-state index < -0.39 is 11.8 Å². The number of nitrogens with one attached hydrogen (secondary N) is 1. The van der Waals surface area contributed by atoms with E-state index in [0.717, 1.165) is 30.7 Å². The summed E-state index contributed by atoms with van der Waals surface area (Å²) in [4.78, 5) is 16.0. The van der Waals surface area contributed by atoms with Crippen molar-refractivity contribution in [1.82, 2.24) is 9.55 Å². The number of benzene rings is 2. The van der Waals surface area contributed by atoms with Crippen LogP contribution in [-0.2, 0) is 11.2 Å². The molecule has 1 aromatic heterocycles. The molecule has 182 valence electrons. The van der Waals surface area contributed by atoms with Crippen molar-refractivity contribution in [3.05, 3.63) is 47.8 Å². The highest BCUT2D eigenvalue weighted by Gasteiger charge is 2.35. The van der Waals surface area contributed by atoms with E-state index in [4.69, 9.17) is 9.72 Å². The van der Waals surface area contributed by atoms with Crippen molar-refractivity contribution < 1.29 is 19.0 Å². The van der Waals surface area contributed by atoms with Crippen LogP contribution in [0.25, 0.3) is 11.0 Å². The lowest BCUT2D eigenvalue weighted by molar-refractivity contribution is -0.136. The van der Waals surface area contributed by atoms with Crippen molar-refractivity contribution in [2.24, 2.45) is 11.3 Å². The van der Waals surface area contributed by atoms with Crippen LogP contribution in [0.2, 0.25) is 0 Å². The summed E-state index contributed by atoms with van der Waals surface area (Å²) >= 11 is 0. The molecule has 2 N–H and O–H groups in total. The highest BCUT2D eigenvalue weighted by molar-refractivity contribution is 5.82. The Hall–Kier alpha value is -3.09. The number of fused-ring (bicyclic) bond motifs is 1. The van der Waals surface area contributed by atoms with E-state index in [9.17, 15) is 14.3 Å². The Kier molecular flexibility index (Phi) is 6.56. The number of hydrogen-bond donors (Lipinski definition) is 2. The predicted octanol–water partition coefficient (Wildman–Crippen LogP) is 6.72. The molecule has 0 unspecified atom stereocenters. The van der Waals surface area contributed by atoms with Crippen LogP contribution in [0.5, 0.6) is 5.75 Å². The highest BCUT2D eigenvalue weighted by Crippen LogP contribution is 2.46. The highest BCUT2D eigenvalue weighted by atomic mass is 19.1. The fourth-order valence-electron chi connectivity index (χ4n) is 5.43. The number of carboxylic acids is 1. The number of rotatable bonds is 7. The monoisotopic (exact) mass is 467 g/mol. The molecule has 0 amide bonds. The van der Waals surface area contributed by atoms with Crippen LogP contribution in [0.4, 0.5) is 16.0 Å². The molecule has 1 aliphatic carbocycles. The molecule has 1 heterocycles. The zero-order valence-corrected chi connectivity index (χ0v) is 20.6. The Morgan fingerprint density at radius 2 is 1.97 bits per heavy atom. The minimum atomic E-state index is -1.07. The summed E-state index contributed by atoms with van der Waals surface area (Å²) in [6, 6.07) is 10.8. The molecule has 34 heavy (non-hydrogen) atoms. The second-order valence-corrected chi connectivity index (χ2v) is 10.7. The molecular weight excluding hydrogens is 433 g/mol. The Labute approximate surface area is 200 Å². The molecule has 0 radical (unpaired) electrons. The number of hydrogen-bond acceptors (Lipinski definition) is 4. The first-order chi connectivity index (χ1) is 16.0. The van der Waals surface area contributed by atoms with Crippen LogP contribution in [-0.4, -0.2) is 26.7 Å². The Bertz CT molecular complexity index is 1180. The Morgan fingerprint density at radius 3 is 2.59 bits per heavy atom. The largest absolute Gasteiger partial charge is 0.491 e. The van der Waals surface area contributed by atoms with Crippen LogP contribution in [0, 0.1) is 17.2 Å². The smallest absolute Gasteiger partial charge is 0.307 e. The second-order valence-electron chi connectivity index (χ2n) is 10.7. The topological polar surface area (TPSA) is 76.4 Å². The van der Waals surface area contributed by atoms with Gasteiger partial charge in [-0.3, -0.25) is 4.79 Å². The zero-order chi connectivity index (χ0) is 24.6. The summed E-state index contributed by atoms with van der Waals surface area (Å²) in [7, 11) is 0. The van der Waals surface area contributed by atoms with Crippen molar-refractivity contribution in [1.29, 1.82) is 0 Å². The first-order valence-electron chi connectivity index (χ1n) is 12.0. The number of carboxylic acid groups (broad SMARTS) is 1. The van der Waals surface area contributed by atoms with Crippen molar-refractivity contribution in [2.75, 3.05) is 5.32 Å². The first kappa shape index (κ1) is 24.0. The van der Waals surface area contributed by atoms with Gasteiger partial charge in [0, 0.05) is 23.4 Å². The molecule has 0 saturated heterocycles. The van der Waals surface area contributed by atoms with Crippen LogP contribution >= 0.6 is 0 Å². The number of ether oxygens (including phenoxy) is 1. The van der Waals surface area contributed by atoms with Gasteiger partial charge in [-0.1, -0.05) is 20.8 Å². The molecular formula is C27H34FN3O3. The van der Waals surface area contributed by atoms with Crippen LogP contribution < -0.4 is 10.1 Å². The predicted molar refractivity (Wildman–Crippen MR) is 132 cm³/mol. The van der Waals surface area contributed by atoms with Crippen LogP contribution in [0.3, 0.4) is 0 Å². The first-order valence-corrected chi connectivity index (χ1v) is 12.0. The molecule has 0 spiro atoms. The summed E-state index contributed by atoms with van der Waals surface area (Å²) in [5, 5.41) is 12.6. The fourth-order valence-corrected chi connectivity index (χ4v) is 5.43. The van der Waals surface area contributed by atoms with E-state index in [0.29, 0.717) is 22.9 Å². The van der Waals surface area contributed by atoms with Gasteiger partial charge in [-0.05, 0) is 74.8 Å². The zero-order valence-electron chi connectivity index (χ0n) is 20.6. The molecule has 0 aliphatic heterocycles. The number of anilines is 2. The van der Waals surface area contributed by atoms with E-state index in [1.54, 1.807) is 6.07 Å². The molecule has 2 atom stereocenters.